The molecule has 1 aromatic carbocycles. The molecule has 0 amide bonds. The topological polar surface area (TPSA) is 87.0 Å². The quantitative estimate of drug-likeness (QED) is 0.548. The number of hydrogen-bond acceptors (Lipinski definition) is 5. The first-order valence-electron chi connectivity index (χ1n) is 4.45. The molecule has 5 nitrogen and oxygen atoms in total. The number of phenols is 2. The van der Waals surface area contributed by atoms with Crippen molar-refractivity contribution in [3.63, 3.8) is 0 Å². The molecule has 0 radical (unpaired) electrons. The number of aliphatic hydroxyl groups excluding tert-OH is 1. The van der Waals surface area contributed by atoms with Gasteiger partial charge in [-0.1, -0.05) is 0 Å². The molecule has 0 aliphatic carbocycles. The zero-order valence-electron chi connectivity index (χ0n) is 7.97. The van der Waals surface area contributed by atoms with Crippen LogP contribution in [0.3, 0.4) is 0 Å². The highest BCUT2D eigenvalue weighted by atomic mass is 16.6. The van der Waals surface area contributed by atoms with Crippen molar-refractivity contribution < 1.29 is 24.9 Å². The van der Waals surface area contributed by atoms with Crippen LogP contribution in [0.2, 0.25) is 0 Å². The standard InChI is InChI=1S/C10H10O5/c1-4-9(13)6-2-5(11)3-7(12)8(6)10(14)15-4/h2-4,9,11-13H,1H3/t4-,9-/m0/s1. The first-order valence-corrected chi connectivity index (χ1v) is 4.45. The summed E-state index contributed by atoms with van der Waals surface area (Å²) >= 11 is 0. The van der Waals surface area contributed by atoms with E-state index in [9.17, 15) is 20.1 Å². The van der Waals surface area contributed by atoms with E-state index in [1.54, 1.807) is 0 Å². The van der Waals surface area contributed by atoms with E-state index < -0.39 is 18.2 Å². The van der Waals surface area contributed by atoms with Crippen molar-refractivity contribution in [1.29, 1.82) is 0 Å². The Hall–Kier alpha value is -1.75. The van der Waals surface area contributed by atoms with Crippen molar-refractivity contribution >= 4 is 5.97 Å². The van der Waals surface area contributed by atoms with E-state index in [4.69, 9.17) is 4.74 Å². The van der Waals surface area contributed by atoms with E-state index in [-0.39, 0.29) is 22.6 Å². The molecule has 0 aromatic heterocycles. The molecule has 2 rings (SSSR count). The van der Waals surface area contributed by atoms with Gasteiger partial charge < -0.3 is 20.1 Å². The highest BCUT2D eigenvalue weighted by Crippen LogP contribution is 2.37. The molecule has 0 bridgehead atoms. The van der Waals surface area contributed by atoms with Gasteiger partial charge in [0.15, 0.2) is 0 Å². The van der Waals surface area contributed by atoms with Crippen LogP contribution in [-0.2, 0) is 4.74 Å². The Labute approximate surface area is 85.5 Å². The smallest absolute Gasteiger partial charge is 0.342 e. The van der Waals surface area contributed by atoms with Gasteiger partial charge in [0.25, 0.3) is 0 Å². The average Bonchev–Trinajstić information content (AvgIpc) is 2.12. The van der Waals surface area contributed by atoms with Gasteiger partial charge in [0.1, 0.15) is 29.3 Å². The predicted octanol–water partition coefficient (Wildman–Crippen LogP) is 0.690. The Morgan fingerprint density at radius 3 is 2.67 bits per heavy atom. The third-order valence-electron chi connectivity index (χ3n) is 2.39. The highest BCUT2D eigenvalue weighted by Gasteiger charge is 2.34. The van der Waals surface area contributed by atoms with Gasteiger partial charge in [0.05, 0.1) is 0 Å². The number of carbonyl (C=O) groups is 1. The van der Waals surface area contributed by atoms with Crippen molar-refractivity contribution in [1.82, 2.24) is 0 Å². The van der Waals surface area contributed by atoms with Gasteiger partial charge in [0, 0.05) is 11.6 Å². The SMILES string of the molecule is C[C@@H]1OC(=O)c2c(O)cc(O)cc2[C@H]1O. The Morgan fingerprint density at radius 1 is 1.33 bits per heavy atom. The molecule has 0 saturated carbocycles. The molecule has 5 heteroatoms. The summed E-state index contributed by atoms with van der Waals surface area (Å²) in [6, 6.07) is 2.28. The van der Waals surface area contributed by atoms with Crippen LogP contribution in [0.4, 0.5) is 0 Å². The lowest BCUT2D eigenvalue weighted by Gasteiger charge is -2.27. The molecule has 0 spiro atoms. The van der Waals surface area contributed by atoms with Gasteiger partial charge in [-0.15, -0.1) is 0 Å². The number of aliphatic hydroxyl groups is 1. The summed E-state index contributed by atoms with van der Waals surface area (Å²) in [6.45, 7) is 1.53. The minimum Gasteiger partial charge on any atom is -0.508 e. The number of cyclic esters (lactones) is 1. The number of aromatic hydroxyl groups is 2. The Morgan fingerprint density at radius 2 is 2.00 bits per heavy atom. The molecule has 1 aliphatic heterocycles. The number of benzene rings is 1. The largest absolute Gasteiger partial charge is 0.508 e. The minimum absolute atomic E-state index is 0.0848. The van der Waals surface area contributed by atoms with E-state index in [2.05, 4.69) is 0 Å². The normalized spacial score (nSPS) is 24.5. The molecule has 1 heterocycles. The van der Waals surface area contributed by atoms with E-state index in [1.165, 1.54) is 13.0 Å². The van der Waals surface area contributed by atoms with Gasteiger partial charge >= 0.3 is 5.97 Å². The summed E-state index contributed by atoms with van der Waals surface area (Å²) < 4.78 is 4.82. The molecular formula is C10H10O5. The third kappa shape index (κ3) is 1.41. The van der Waals surface area contributed by atoms with Gasteiger partial charge in [-0.05, 0) is 13.0 Å². The van der Waals surface area contributed by atoms with Crippen LogP contribution in [0.5, 0.6) is 11.5 Å². The van der Waals surface area contributed by atoms with Gasteiger partial charge in [-0.2, -0.15) is 0 Å². The maximum absolute atomic E-state index is 11.4. The second kappa shape index (κ2) is 3.13. The maximum atomic E-state index is 11.4. The molecule has 15 heavy (non-hydrogen) atoms. The van der Waals surface area contributed by atoms with Crippen molar-refractivity contribution in [3.05, 3.63) is 23.3 Å². The molecule has 0 fully saturated rings. The van der Waals surface area contributed by atoms with Gasteiger partial charge in [0.2, 0.25) is 0 Å². The summed E-state index contributed by atoms with van der Waals surface area (Å²) in [5.41, 5.74) is 0.106. The molecule has 1 aliphatic rings. The van der Waals surface area contributed by atoms with Gasteiger partial charge in [-0.3, -0.25) is 0 Å². The van der Waals surface area contributed by atoms with Crippen molar-refractivity contribution in [2.24, 2.45) is 0 Å². The fourth-order valence-corrected chi connectivity index (χ4v) is 1.63. The summed E-state index contributed by atoms with van der Waals surface area (Å²) in [6.07, 6.45) is -1.72. The number of hydrogen-bond donors (Lipinski definition) is 3. The Balaban J connectivity index is 2.65. The number of ether oxygens (including phenoxy) is 1. The molecule has 3 N–H and O–H groups in total. The maximum Gasteiger partial charge on any atom is 0.342 e. The Bertz CT molecular complexity index is 426. The minimum atomic E-state index is -1.03. The van der Waals surface area contributed by atoms with Crippen LogP contribution >= 0.6 is 0 Å². The van der Waals surface area contributed by atoms with Crippen LogP contribution in [0.15, 0.2) is 12.1 Å². The third-order valence-corrected chi connectivity index (χ3v) is 2.39. The molecule has 2 atom stereocenters. The van der Waals surface area contributed by atoms with Crippen LogP contribution in [0, 0.1) is 0 Å². The summed E-state index contributed by atoms with van der Waals surface area (Å²) in [4.78, 5) is 11.4. The van der Waals surface area contributed by atoms with E-state index in [0.29, 0.717) is 0 Å². The molecule has 0 unspecified atom stereocenters. The summed E-state index contributed by atoms with van der Waals surface area (Å²) in [5.74, 6) is -1.28. The average molecular weight is 210 g/mol. The molecular weight excluding hydrogens is 200 g/mol. The fourth-order valence-electron chi connectivity index (χ4n) is 1.63. The fraction of sp³-hybridized carbons (Fsp3) is 0.300. The zero-order valence-corrected chi connectivity index (χ0v) is 7.97. The van der Waals surface area contributed by atoms with Crippen LogP contribution in [0.25, 0.3) is 0 Å². The van der Waals surface area contributed by atoms with Crippen molar-refractivity contribution in [2.75, 3.05) is 0 Å². The van der Waals surface area contributed by atoms with Crippen LogP contribution in [-0.4, -0.2) is 27.4 Å². The van der Waals surface area contributed by atoms with Crippen molar-refractivity contribution in [2.45, 2.75) is 19.1 Å². The lowest BCUT2D eigenvalue weighted by atomic mass is 9.95. The van der Waals surface area contributed by atoms with Gasteiger partial charge in [-0.25, -0.2) is 4.79 Å². The van der Waals surface area contributed by atoms with E-state index in [1.807, 2.05) is 0 Å². The summed E-state index contributed by atoms with van der Waals surface area (Å²) in [5, 5.41) is 28.4. The first-order chi connectivity index (χ1) is 7.00. The summed E-state index contributed by atoms with van der Waals surface area (Å²) in [7, 11) is 0. The molecule has 0 saturated heterocycles. The lowest BCUT2D eigenvalue weighted by molar-refractivity contribution is -0.0217. The number of carbonyl (C=O) groups excluding carboxylic acids is 1. The van der Waals surface area contributed by atoms with E-state index in [0.717, 1.165) is 6.07 Å². The second-order valence-corrected chi connectivity index (χ2v) is 3.48. The molecule has 1 aromatic rings. The van der Waals surface area contributed by atoms with E-state index >= 15 is 0 Å². The second-order valence-electron chi connectivity index (χ2n) is 3.48. The molecule has 80 valence electrons. The van der Waals surface area contributed by atoms with Crippen molar-refractivity contribution in [3.8, 4) is 11.5 Å². The zero-order chi connectivity index (χ0) is 11.2. The first kappa shape index (κ1) is 9.79. The van der Waals surface area contributed by atoms with Crippen LogP contribution < -0.4 is 0 Å². The number of rotatable bonds is 0. The highest BCUT2D eigenvalue weighted by molar-refractivity contribution is 5.95. The monoisotopic (exact) mass is 210 g/mol. The van der Waals surface area contributed by atoms with Crippen LogP contribution in [0.1, 0.15) is 28.9 Å². The Kier molecular flexibility index (Phi) is 2.04. The predicted molar refractivity (Wildman–Crippen MR) is 49.6 cm³/mol. The number of fused-ring (bicyclic) bond motifs is 1. The number of phenolic OH excluding ortho intramolecular Hbond substituents is 2. The number of esters is 1. The lowest BCUT2D eigenvalue weighted by Crippen LogP contribution is -2.29.